The molecular weight excluding hydrogens is 442 g/mol. The molecule has 6 nitrogen and oxygen atoms in total. The molecule has 0 radical (unpaired) electrons. The minimum Gasteiger partial charge on any atom is -0.372 e. The number of benzene rings is 2. The van der Waals surface area contributed by atoms with Crippen LogP contribution in [0.15, 0.2) is 52.3 Å². The summed E-state index contributed by atoms with van der Waals surface area (Å²) in [6.07, 6.45) is 5.61. The number of hydrogen-bond acceptors (Lipinski definition) is 5. The first-order valence-electron chi connectivity index (χ1n) is 11.1. The highest BCUT2D eigenvalue weighted by Gasteiger charge is 2.21. The van der Waals surface area contributed by atoms with Crippen molar-refractivity contribution in [3.05, 3.63) is 48.0 Å². The SMILES string of the molecule is CSc1ccc(S(=O)(=O)NC(C)c2ccc(N3CCCCC3)cc2)cc1NC(=O)C(C)C. The average Bonchev–Trinajstić information content (AvgIpc) is 2.79. The van der Waals surface area contributed by atoms with E-state index >= 15 is 0 Å². The number of thioether (sulfide) groups is 1. The Morgan fingerprint density at radius 2 is 1.66 bits per heavy atom. The Morgan fingerprint density at radius 1 is 1.00 bits per heavy atom. The molecule has 0 spiro atoms. The molecule has 1 atom stereocenters. The van der Waals surface area contributed by atoms with Crippen LogP contribution in [0.2, 0.25) is 0 Å². The molecule has 8 heteroatoms. The van der Waals surface area contributed by atoms with E-state index < -0.39 is 10.0 Å². The Balaban J connectivity index is 1.75. The van der Waals surface area contributed by atoms with E-state index in [0.717, 1.165) is 23.5 Å². The lowest BCUT2D eigenvalue weighted by Gasteiger charge is -2.29. The van der Waals surface area contributed by atoms with Gasteiger partial charge < -0.3 is 10.2 Å². The molecule has 1 aliphatic heterocycles. The highest BCUT2D eigenvalue weighted by atomic mass is 32.2. The highest BCUT2D eigenvalue weighted by molar-refractivity contribution is 7.98. The second-order valence-electron chi connectivity index (χ2n) is 8.49. The zero-order valence-corrected chi connectivity index (χ0v) is 20.9. The first-order valence-corrected chi connectivity index (χ1v) is 13.8. The van der Waals surface area contributed by atoms with Gasteiger partial charge in [-0.3, -0.25) is 4.79 Å². The summed E-state index contributed by atoms with van der Waals surface area (Å²) in [4.78, 5) is 15.5. The van der Waals surface area contributed by atoms with Crippen molar-refractivity contribution in [2.75, 3.05) is 29.6 Å². The number of carbonyl (C=O) groups excluding carboxylic acids is 1. The summed E-state index contributed by atoms with van der Waals surface area (Å²) in [7, 11) is -3.76. The second-order valence-corrected chi connectivity index (χ2v) is 11.1. The molecule has 3 rings (SSSR count). The molecule has 1 amide bonds. The lowest BCUT2D eigenvalue weighted by atomic mass is 10.1. The van der Waals surface area contributed by atoms with Gasteiger partial charge in [-0.05, 0) is 68.3 Å². The standard InChI is InChI=1S/C24H33N3O3S2/c1-17(2)24(28)25-22-16-21(12-13-23(22)31-4)32(29,30)26-18(3)19-8-10-20(11-9-19)27-14-6-5-7-15-27/h8-13,16-18,26H,5-7,14-15H2,1-4H3,(H,25,28). The van der Waals surface area contributed by atoms with Gasteiger partial charge in [0.2, 0.25) is 15.9 Å². The molecule has 32 heavy (non-hydrogen) atoms. The molecule has 0 aromatic heterocycles. The Morgan fingerprint density at radius 3 is 2.25 bits per heavy atom. The molecule has 1 saturated heterocycles. The first-order chi connectivity index (χ1) is 15.2. The maximum atomic E-state index is 13.1. The molecule has 2 aromatic rings. The maximum absolute atomic E-state index is 13.1. The van der Waals surface area contributed by atoms with E-state index in [2.05, 4.69) is 27.1 Å². The Kier molecular flexibility index (Phi) is 8.25. The first kappa shape index (κ1) is 24.6. The number of anilines is 2. The second kappa shape index (κ2) is 10.7. The number of rotatable bonds is 8. The monoisotopic (exact) mass is 475 g/mol. The van der Waals surface area contributed by atoms with E-state index in [-0.39, 0.29) is 22.8 Å². The van der Waals surface area contributed by atoms with E-state index in [1.54, 1.807) is 26.0 Å². The van der Waals surface area contributed by atoms with Crippen LogP contribution in [0.4, 0.5) is 11.4 Å². The van der Waals surface area contributed by atoms with Crippen LogP contribution in [0.1, 0.15) is 51.6 Å². The van der Waals surface area contributed by atoms with Crippen molar-refractivity contribution in [1.29, 1.82) is 0 Å². The Hall–Kier alpha value is -2.03. The predicted molar refractivity (Wildman–Crippen MR) is 133 cm³/mol. The normalized spacial score (nSPS) is 15.6. The van der Waals surface area contributed by atoms with Crippen LogP contribution in [0, 0.1) is 5.92 Å². The summed E-state index contributed by atoms with van der Waals surface area (Å²) in [5.74, 6) is -0.346. The van der Waals surface area contributed by atoms with Crippen molar-refractivity contribution in [2.45, 2.75) is 55.9 Å². The third-order valence-corrected chi connectivity index (χ3v) is 8.04. The molecule has 1 aliphatic rings. The fourth-order valence-electron chi connectivity index (χ4n) is 3.72. The molecular formula is C24H33N3O3S2. The number of piperidine rings is 1. The van der Waals surface area contributed by atoms with Gasteiger partial charge in [0.15, 0.2) is 0 Å². The van der Waals surface area contributed by atoms with Crippen molar-refractivity contribution in [1.82, 2.24) is 4.72 Å². The number of nitrogens with zero attached hydrogens (tertiary/aromatic N) is 1. The van der Waals surface area contributed by atoms with Crippen LogP contribution in [-0.4, -0.2) is 33.7 Å². The van der Waals surface area contributed by atoms with Gasteiger partial charge in [-0.2, -0.15) is 0 Å². The summed E-state index contributed by atoms with van der Waals surface area (Å²) in [5, 5.41) is 2.84. The van der Waals surface area contributed by atoms with Crippen molar-refractivity contribution >= 4 is 39.1 Å². The number of sulfonamides is 1. The molecule has 1 fully saturated rings. The predicted octanol–water partition coefficient (Wildman–Crippen LogP) is 5.03. The van der Waals surface area contributed by atoms with Crippen LogP contribution in [-0.2, 0) is 14.8 Å². The zero-order chi connectivity index (χ0) is 23.3. The number of hydrogen-bond donors (Lipinski definition) is 2. The lowest BCUT2D eigenvalue weighted by molar-refractivity contribution is -0.118. The summed E-state index contributed by atoms with van der Waals surface area (Å²) in [5.41, 5.74) is 2.60. The third kappa shape index (κ3) is 6.05. The van der Waals surface area contributed by atoms with Gasteiger partial charge in [0.25, 0.3) is 0 Å². The van der Waals surface area contributed by atoms with E-state index in [1.165, 1.54) is 42.8 Å². The Bertz CT molecular complexity index is 1030. The Labute approximate surface area is 196 Å². The van der Waals surface area contributed by atoms with Gasteiger partial charge in [0, 0.05) is 35.6 Å². The van der Waals surface area contributed by atoms with Crippen LogP contribution in [0.25, 0.3) is 0 Å². The van der Waals surface area contributed by atoms with Gasteiger partial charge in [-0.1, -0.05) is 26.0 Å². The number of carbonyl (C=O) groups is 1. The van der Waals surface area contributed by atoms with Crippen molar-refractivity contribution in [3.63, 3.8) is 0 Å². The fourth-order valence-corrected chi connectivity index (χ4v) is 5.52. The van der Waals surface area contributed by atoms with E-state index in [1.807, 2.05) is 25.3 Å². The summed E-state index contributed by atoms with van der Waals surface area (Å²) in [6, 6.07) is 12.6. The van der Waals surface area contributed by atoms with Gasteiger partial charge in [-0.15, -0.1) is 11.8 Å². The molecule has 1 unspecified atom stereocenters. The van der Waals surface area contributed by atoms with Crippen LogP contribution >= 0.6 is 11.8 Å². The quantitative estimate of drug-likeness (QED) is 0.524. The summed E-state index contributed by atoms with van der Waals surface area (Å²) < 4.78 is 28.9. The van der Waals surface area contributed by atoms with Crippen molar-refractivity contribution in [2.24, 2.45) is 5.92 Å². The molecule has 2 N–H and O–H groups in total. The lowest BCUT2D eigenvalue weighted by Crippen LogP contribution is -2.29. The number of nitrogens with one attached hydrogen (secondary N) is 2. The molecule has 0 aliphatic carbocycles. The smallest absolute Gasteiger partial charge is 0.241 e. The van der Waals surface area contributed by atoms with Crippen LogP contribution in [0.5, 0.6) is 0 Å². The van der Waals surface area contributed by atoms with E-state index in [9.17, 15) is 13.2 Å². The van der Waals surface area contributed by atoms with E-state index in [4.69, 9.17) is 0 Å². The van der Waals surface area contributed by atoms with E-state index in [0.29, 0.717) is 5.69 Å². The third-order valence-electron chi connectivity index (χ3n) is 5.71. The van der Waals surface area contributed by atoms with Gasteiger partial charge in [-0.25, -0.2) is 13.1 Å². The van der Waals surface area contributed by atoms with Crippen molar-refractivity contribution in [3.8, 4) is 0 Å². The molecule has 0 saturated carbocycles. The minimum atomic E-state index is -3.76. The molecule has 0 bridgehead atoms. The summed E-state index contributed by atoms with van der Waals surface area (Å²) in [6.45, 7) is 7.58. The van der Waals surface area contributed by atoms with Crippen LogP contribution < -0.4 is 14.9 Å². The minimum absolute atomic E-state index is 0.131. The molecule has 174 valence electrons. The van der Waals surface area contributed by atoms with Gasteiger partial charge in [0.05, 0.1) is 10.6 Å². The largest absolute Gasteiger partial charge is 0.372 e. The average molecular weight is 476 g/mol. The van der Waals surface area contributed by atoms with Gasteiger partial charge >= 0.3 is 0 Å². The summed E-state index contributed by atoms with van der Waals surface area (Å²) >= 11 is 1.46. The van der Waals surface area contributed by atoms with Gasteiger partial charge in [0.1, 0.15) is 0 Å². The molecule has 1 heterocycles. The highest BCUT2D eigenvalue weighted by Crippen LogP contribution is 2.29. The topological polar surface area (TPSA) is 78.5 Å². The zero-order valence-electron chi connectivity index (χ0n) is 19.2. The molecule has 2 aromatic carbocycles. The number of amides is 1. The maximum Gasteiger partial charge on any atom is 0.241 e. The fraction of sp³-hybridized carbons (Fsp3) is 0.458. The van der Waals surface area contributed by atoms with Crippen LogP contribution in [0.3, 0.4) is 0 Å². The van der Waals surface area contributed by atoms with Crippen molar-refractivity contribution < 1.29 is 13.2 Å².